The van der Waals surface area contributed by atoms with Gasteiger partial charge in [0.05, 0.1) is 18.2 Å². The van der Waals surface area contributed by atoms with Crippen LogP contribution in [-0.2, 0) is 4.79 Å². The summed E-state index contributed by atoms with van der Waals surface area (Å²) in [5.74, 6) is 0.682. The molecule has 0 saturated carbocycles. The molecule has 2 aromatic rings. The Labute approximate surface area is 200 Å². The van der Waals surface area contributed by atoms with E-state index in [1.54, 1.807) is 4.90 Å². The van der Waals surface area contributed by atoms with Gasteiger partial charge in [-0.3, -0.25) is 4.79 Å². The number of hydrogen-bond donors (Lipinski definition) is 2. The average Bonchev–Trinajstić information content (AvgIpc) is 3.11. The van der Waals surface area contributed by atoms with Crippen molar-refractivity contribution in [3.05, 3.63) is 54.1 Å². The van der Waals surface area contributed by atoms with E-state index < -0.39 is 12.1 Å². The molecule has 2 aromatic carbocycles. The molecule has 3 rings (SSSR count). The number of carbonyl (C=O) groups excluding carboxylic acids is 1. The van der Waals surface area contributed by atoms with E-state index in [0.717, 1.165) is 49.4 Å². The van der Waals surface area contributed by atoms with Crippen molar-refractivity contribution in [2.24, 2.45) is 0 Å². The SMILES string of the molecule is CC[C@@H](NC(=O)O)C(=O)N1CCCN(CCCOc2ccc(-c3ccc(C#N)cc3)cc2)CC1. The zero-order chi connectivity index (χ0) is 24.3. The van der Waals surface area contributed by atoms with E-state index in [9.17, 15) is 9.59 Å². The van der Waals surface area contributed by atoms with Gasteiger partial charge in [0.25, 0.3) is 0 Å². The molecule has 1 saturated heterocycles. The molecule has 0 unspecified atom stereocenters. The lowest BCUT2D eigenvalue weighted by molar-refractivity contribution is -0.133. The van der Waals surface area contributed by atoms with Crippen LogP contribution in [0.3, 0.4) is 0 Å². The van der Waals surface area contributed by atoms with Crippen LogP contribution in [0.5, 0.6) is 5.75 Å². The zero-order valence-corrected chi connectivity index (χ0v) is 19.6. The van der Waals surface area contributed by atoms with Crippen LogP contribution < -0.4 is 10.1 Å². The average molecular weight is 465 g/mol. The second kappa shape index (κ2) is 12.6. The fraction of sp³-hybridized carbons (Fsp3) is 0.423. The van der Waals surface area contributed by atoms with Crippen molar-refractivity contribution in [1.82, 2.24) is 15.1 Å². The van der Waals surface area contributed by atoms with Crippen molar-refractivity contribution in [2.45, 2.75) is 32.2 Å². The smallest absolute Gasteiger partial charge is 0.405 e. The molecular weight excluding hydrogens is 432 g/mol. The van der Waals surface area contributed by atoms with Crippen LogP contribution in [0.2, 0.25) is 0 Å². The number of ether oxygens (including phenoxy) is 1. The van der Waals surface area contributed by atoms with Crippen LogP contribution in [0, 0.1) is 11.3 Å². The summed E-state index contributed by atoms with van der Waals surface area (Å²) >= 11 is 0. The maximum absolute atomic E-state index is 12.6. The Balaban J connectivity index is 1.40. The van der Waals surface area contributed by atoms with Crippen molar-refractivity contribution in [3.8, 4) is 22.9 Å². The molecule has 0 spiro atoms. The molecule has 1 fully saturated rings. The standard InChI is InChI=1S/C26H32N4O4/c1-2-24(28-26(32)33)25(31)30-15-3-13-29(16-17-30)14-4-18-34-23-11-9-22(10-12-23)21-7-5-20(19-27)6-8-21/h5-12,24,28H,2-4,13-18H2,1H3,(H,32,33)/t24-/m1/s1. The van der Waals surface area contributed by atoms with Gasteiger partial charge in [0.15, 0.2) is 0 Å². The lowest BCUT2D eigenvalue weighted by Crippen LogP contribution is -2.48. The van der Waals surface area contributed by atoms with Crippen molar-refractivity contribution in [2.75, 3.05) is 39.3 Å². The van der Waals surface area contributed by atoms with Crippen LogP contribution >= 0.6 is 0 Å². The third kappa shape index (κ3) is 7.22. The summed E-state index contributed by atoms with van der Waals surface area (Å²) in [6.07, 6.45) is 1.02. The van der Waals surface area contributed by atoms with Crippen molar-refractivity contribution >= 4 is 12.0 Å². The molecule has 34 heavy (non-hydrogen) atoms. The van der Waals surface area contributed by atoms with Gasteiger partial charge in [-0.2, -0.15) is 5.26 Å². The molecule has 0 radical (unpaired) electrons. The van der Waals surface area contributed by atoms with Crippen LogP contribution in [0.25, 0.3) is 11.1 Å². The molecule has 1 heterocycles. The van der Waals surface area contributed by atoms with Gasteiger partial charge in [0.1, 0.15) is 11.8 Å². The number of rotatable bonds is 9. The van der Waals surface area contributed by atoms with Gasteiger partial charge in [-0.25, -0.2) is 4.79 Å². The number of nitrogens with zero attached hydrogens (tertiary/aromatic N) is 3. The quantitative estimate of drug-likeness (QED) is 0.550. The lowest BCUT2D eigenvalue weighted by Gasteiger charge is -2.25. The summed E-state index contributed by atoms with van der Waals surface area (Å²) in [5.41, 5.74) is 2.78. The summed E-state index contributed by atoms with van der Waals surface area (Å²) in [6, 6.07) is 16.9. The van der Waals surface area contributed by atoms with Gasteiger partial charge in [0.2, 0.25) is 5.91 Å². The second-order valence-electron chi connectivity index (χ2n) is 8.35. The monoisotopic (exact) mass is 464 g/mol. The van der Waals surface area contributed by atoms with Gasteiger partial charge in [-0.1, -0.05) is 31.2 Å². The molecule has 0 aromatic heterocycles. The van der Waals surface area contributed by atoms with Gasteiger partial charge < -0.3 is 25.0 Å². The fourth-order valence-electron chi connectivity index (χ4n) is 4.08. The third-order valence-corrected chi connectivity index (χ3v) is 5.99. The lowest BCUT2D eigenvalue weighted by atomic mass is 10.0. The summed E-state index contributed by atoms with van der Waals surface area (Å²) in [7, 11) is 0. The Hall–Kier alpha value is -3.57. The molecule has 0 bridgehead atoms. The van der Waals surface area contributed by atoms with E-state index in [-0.39, 0.29) is 5.91 Å². The predicted molar refractivity (Wildman–Crippen MR) is 130 cm³/mol. The summed E-state index contributed by atoms with van der Waals surface area (Å²) in [6.45, 7) is 6.24. The van der Waals surface area contributed by atoms with E-state index in [0.29, 0.717) is 31.7 Å². The van der Waals surface area contributed by atoms with Crippen LogP contribution in [0.15, 0.2) is 48.5 Å². The first kappa shape index (κ1) is 25.1. The highest BCUT2D eigenvalue weighted by molar-refractivity contribution is 5.85. The molecule has 8 nitrogen and oxygen atoms in total. The van der Waals surface area contributed by atoms with E-state index in [2.05, 4.69) is 16.3 Å². The summed E-state index contributed by atoms with van der Waals surface area (Å²) < 4.78 is 5.90. The highest BCUT2D eigenvalue weighted by Crippen LogP contribution is 2.23. The number of amides is 2. The van der Waals surface area contributed by atoms with Gasteiger partial charge in [0, 0.05) is 26.2 Å². The van der Waals surface area contributed by atoms with E-state index in [4.69, 9.17) is 15.1 Å². The molecule has 180 valence electrons. The largest absolute Gasteiger partial charge is 0.494 e. The zero-order valence-electron chi connectivity index (χ0n) is 19.6. The number of carboxylic acid groups (broad SMARTS) is 1. The number of carbonyl (C=O) groups is 2. The van der Waals surface area contributed by atoms with Gasteiger partial charge >= 0.3 is 6.09 Å². The number of hydrogen-bond acceptors (Lipinski definition) is 5. The molecule has 1 aliphatic rings. The highest BCUT2D eigenvalue weighted by Gasteiger charge is 2.26. The number of nitrogens with one attached hydrogen (secondary N) is 1. The first-order valence-electron chi connectivity index (χ1n) is 11.7. The van der Waals surface area contributed by atoms with E-state index >= 15 is 0 Å². The minimum absolute atomic E-state index is 0.139. The second-order valence-corrected chi connectivity index (χ2v) is 8.35. The maximum atomic E-state index is 12.6. The van der Waals surface area contributed by atoms with Crippen molar-refractivity contribution in [1.29, 1.82) is 5.26 Å². The first-order chi connectivity index (χ1) is 16.5. The summed E-state index contributed by atoms with van der Waals surface area (Å²) in [5, 5.41) is 20.2. The molecule has 2 N–H and O–H groups in total. The molecule has 8 heteroatoms. The Morgan fingerprint density at radius 2 is 1.74 bits per heavy atom. The minimum atomic E-state index is -1.17. The first-order valence-corrected chi connectivity index (χ1v) is 11.7. The van der Waals surface area contributed by atoms with Crippen LogP contribution in [0.4, 0.5) is 4.79 Å². The Kier molecular flexibility index (Phi) is 9.30. The molecule has 1 aliphatic heterocycles. The topological polar surface area (TPSA) is 106 Å². The molecule has 2 amide bonds. The maximum Gasteiger partial charge on any atom is 0.405 e. The molecular formula is C26H32N4O4. The van der Waals surface area contributed by atoms with Gasteiger partial charge in [-0.15, -0.1) is 0 Å². The van der Waals surface area contributed by atoms with Crippen LogP contribution in [-0.4, -0.2) is 72.3 Å². The van der Waals surface area contributed by atoms with E-state index in [1.165, 1.54) is 0 Å². The van der Waals surface area contributed by atoms with Gasteiger partial charge in [-0.05, 0) is 61.2 Å². The molecule has 1 atom stereocenters. The van der Waals surface area contributed by atoms with Crippen molar-refractivity contribution in [3.63, 3.8) is 0 Å². The Morgan fingerprint density at radius 3 is 2.35 bits per heavy atom. The fourth-order valence-corrected chi connectivity index (χ4v) is 4.08. The Morgan fingerprint density at radius 1 is 1.06 bits per heavy atom. The third-order valence-electron chi connectivity index (χ3n) is 5.99. The Bertz CT molecular complexity index is 985. The van der Waals surface area contributed by atoms with Crippen LogP contribution in [0.1, 0.15) is 31.7 Å². The number of benzene rings is 2. The normalized spacial score (nSPS) is 15.1. The predicted octanol–water partition coefficient (Wildman–Crippen LogP) is 3.57. The van der Waals surface area contributed by atoms with E-state index in [1.807, 2.05) is 55.5 Å². The highest BCUT2D eigenvalue weighted by atomic mass is 16.5. The summed E-state index contributed by atoms with van der Waals surface area (Å²) in [4.78, 5) is 27.7. The molecule has 0 aliphatic carbocycles. The van der Waals surface area contributed by atoms with Crippen molar-refractivity contribution < 1.29 is 19.4 Å². The number of nitriles is 1. The minimum Gasteiger partial charge on any atom is -0.494 e.